The van der Waals surface area contributed by atoms with E-state index in [2.05, 4.69) is 10.6 Å². The van der Waals surface area contributed by atoms with Gasteiger partial charge < -0.3 is 15.7 Å². The fourth-order valence-electron chi connectivity index (χ4n) is 3.66. The summed E-state index contributed by atoms with van der Waals surface area (Å²) in [6, 6.07) is -0.505. The molecule has 2 amide bonds. The molecule has 2 fully saturated rings. The van der Waals surface area contributed by atoms with Crippen LogP contribution in [0.4, 0.5) is 0 Å². The van der Waals surface area contributed by atoms with Gasteiger partial charge in [-0.2, -0.15) is 0 Å². The van der Waals surface area contributed by atoms with Gasteiger partial charge in [-0.05, 0) is 38.5 Å². The zero-order valence-corrected chi connectivity index (χ0v) is 13.6. The zero-order chi connectivity index (χ0) is 15.9. The van der Waals surface area contributed by atoms with Gasteiger partial charge in [0.05, 0.1) is 6.10 Å². The highest BCUT2D eigenvalue weighted by Gasteiger charge is 2.26. The van der Waals surface area contributed by atoms with Gasteiger partial charge in [-0.25, -0.2) is 0 Å². The number of nitrogens with one attached hydrogen (secondary N) is 2. The molecule has 0 aromatic rings. The summed E-state index contributed by atoms with van der Waals surface area (Å²) >= 11 is 0. The molecule has 2 rings (SSSR count). The van der Waals surface area contributed by atoms with Crippen molar-refractivity contribution >= 4 is 11.8 Å². The molecule has 2 saturated carbocycles. The number of carbonyl (C=O) groups is 2. The first kappa shape index (κ1) is 17.3. The zero-order valence-electron chi connectivity index (χ0n) is 13.6. The van der Waals surface area contributed by atoms with Crippen molar-refractivity contribution in [3.05, 3.63) is 0 Å². The third-order valence-electron chi connectivity index (χ3n) is 5.13. The van der Waals surface area contributed by atoms with E-state index in [-0.39, 0.29) is 23.8 Å². The van der Waals surface area contributed by atoms with Crippen LogP contribution in [0.1, 0.15) is 64.7 Å². The van der Waals surface area contributed by atoms with Gasteiger partial charge in [-0.1, -0.05) is 25.7 Å². The summed E-state index contributed by atoms with van der Waals surface area (Å²) in [4.78, 5) is 24.0. The number of hydrogen-bond donors (Lipinski definition) is 3. The lowest BCUT2D eigenvalue weighted by molar-refractivity contribution is -0.129. The van der Waals surface area contributed by atoms with Gasteiger partial charge in [-0.15, -0.1) is 0 Å². The lowest BCUT2D eigenvalue weighted by atomic mass is 9.87. The average Bonchev–Trinajstić information content (AvgIpc) is 2.91. The van der Waals surface area contributed by atoms with Crippen LogP contribution in [0.3, 0.4) is 0 Å². The summed E-state index contributed by atoms with van der Waals surface area (Å²) in [6.45, 7) is 2.22. The van der Waals surface area contributed by atoms with Crippen molar-refractivity contribution in [3.63, 3.8) is 0 Å². The Kier molecular flexibility index (Phi) is 6.68. The van der Waals surface area contributed by atoms with Crippen LogP contribution in [0.25, 0.3) is 0 Å². The van der Waals surface area contributed by atoms with Crippen molar-refractivity contribution in [2.75, 3.05) is 6.54 Å². The van der Waals surface area contributed by atoms with Gasteiger partial charge in [0.25, 0.3) is 0 Å². The summed E-state index contributed by atoms with van der Waals surface area (Å²) in [5.41, 5.74) is 0. The van der Waals surface area contributed by atoms with Gasteiger partial charge in [0.1, 0.15) is 6.04 Å². The van der Waals surface area contributed by atoms with Crippen LogP contribution < -0.4 is 10.6 Å². The molecular formula is C17H30N2O3. The molecule has 0 bridgehead atoms. The first-order chi connectivity index (χ1) is 10.6. The summed E-state index contributed by atoms with van der Waals surface area (Å²) in [5, 5.41) is 15.4. The van der Waals surface area contributed by atoms with Gasteiger partial charge in [0.15, 0.2) is 0 Å². The highest BCUT2D eigenvalue weighted by Crippen LogP contribution is 2.26. The Hall–Kier alpha value is -1.10. The van der Waals surface area contributed by atoms with Crippen LogP contribution >= 0.6 is 0 Å². The van der Waals surface area contributed by atoms with Crippen LogP contribution in [0.5, 0.6) is 0 Å². The standard InChI is InChI=1S/C17H30N2O3/c1-12(17(22)18-11-14-8-5-9-15(14)20)19-16(21)10-13-6-3-2-4-7-13/h12-15,20H,2-11H2,1H3,(H,18,22)(H,19,21). The second-order valence-corrected chi connectivity index (χ2v) is 7.00. The topological polar surface area (TPSA) is 78.4 Å². The molecule has 2 aliphatic carbocycles. The van der Waals surface area contributed by atoms with Crippen LogP contribution in [-0.2, 0) is 9.59 Å². The second-order valence-electron chi connectivity index (χ2n) is 7.00. The SMILES string of the molecule is CC(NC(=O)CC1CCCCC1)C(=O)NCC1CCCC1O. The summed E-state index contributed by atoms with van der Waals surface area (Å²) in [5.74, 6) is 0.471. The molecule has 0 saturated heterocycles. The molecule has 0 radical (unpaired) electrons. The molecular weight excluding hydrogens is 280 g/mol. The van der Waals surface area contributed by atoms with E-state index in [9.17, 15) is 14.7 Å². The molecule has 3 unspecified atom stereocenters. The van der Waals surface area contributed by atoms with E-state index >= 15 is 0 Å². The molecule has 5 nitrogen and oxygen atoms in total. The van der Waals surface area contributed by atoms with Crippen LogP contribution in [0, 0.1) is 11.8 Å². The molecule has 0 spiro atoms. The highest BCUT2D eigenvalue weighted by molar-refractivity contribution is 5.87. The first-order valence-corrected chi connectivity index (χ1v) is 8.81. The molecule has 0 aliphatic heterocycles. The Bertz CT molecular complexity index is 380. The minimum absolute atomic E-state index is 0.0181. The van der Waals surface area contributed by atoms with E-state index in [1.807, 2.05) is 0 Å². The van der Waals surface area contributed by atoms with E-state index in [0.717, 1.165) is 32.1 Å². The summed E-state index contributed by atoms with van der Waals surface area (Å²) < 4.78 is 0. The van der Waals surface area contributed by atoms with Crippen LogP contribution in [0.2, 0.25) is 0 Å². The van der Waals surface area contributed by atoms with Gasteiger partial charge in [0, 0.05) is 18.9 Å². The number of hydrogen-bond acceptors (Lipinski definition) is 3. The van der Waals surface area contributed by atoms with Crippen molar-refractivity contribution in [1.82, 2.24) is 10.6 Å². The number of aliphatic hydroxyl groups excluding tert-OH is 1. The molecule has 22 heavy (non-hydrogen) atoms. The summed E-state index contributed by atoms with van der Waals surface area (Å²) in [7, 11) is 0. The molecule has 0 heterocycles. The van der Waals surface area contributed by atoms with Crippen molar-refractivity contribution in [1.29, 1.82) is 0 Å². The predicted molar refractivity (Wildman–Crippen MR) is 85.2 cm³/mol. The fraction of sp³-hybridized carbons (Fsp3) is 0.882. The monoisotopic (exact) mass is 310 g/mol. The number of rotatable bonds is 6. The average molecular weight is 310 g/mol. The van der Waals surface area contributed by atoms with Crippen LogP contribution in [-0.4, -0.2) is 35.6 Å². The Morgan fingerprint density at radius 1 is 1.09 bits per heavy atom. The predicted octanol–water partition coefficient (Wildman–Crippen LogP) is 1.74. The van der Waals surface area contributed by atoms with E-state index in [1.54, 1.807) is 6.92 Å². The van der Waals surface area contributed by atoms with Gasteiger partial charge in [0.2, 0.25) is 11.8 Å². The second kappa shape index (κ2) is 8.51. The van der Waals surface area contributed by atoms with E-state index < -0.39 is 6.04 Å². The Morgan fingerprint density at radius 3 is 2.45 bits per heavy atom. The van der Waals surface area contributed by atoms with E-state index in [1.165, 1.54) is 19.3 Å². The largest absolute Gasteiger partial charge is 0.393 e. The lowest BCUT2D eigenvalue weighted by Crippen LogP contribution is -2.46. The molecule has 3 N–H and O–H groups in total. The summed E-state index contributed by atoms with van der Waals surface area (Å²) in [6.07, 6.45) is 9.05. The van der Waals surface area contributed by atoms with Crippen LogP contribution in [0.15, 0.2) is 0 Å². The third-order valence-corrected chi connectivity index (χ3v) is 5.13. The third kappa shape index (κ3) is 5.27. The Labute approximate surface area is 133 Å². The number of aliphatic hydroxyl groups is 1. The maximum Gasteiger partial charge on any atom is 0.242 e. The minimum Gasteiger partial charge on any atom is -0.393 e. The fourth-order valence-corrected chi connectivity index (χ4v) is 3.66. The molecule has 126 valence electrons. The normalized spacial score (nSPS) is 27.4. The first-order valence-electron chi connectivity index (χ1n) is 8.81. The minimum atomic E-state index is -0.505. The maximum absolute atomic E-state index is 12.0. The van der Waals surface area contributed by atoms with E-state index in [4.69, 9.17) is 0 Å². The van der Waals surface area contributed by atoms with Gasteiger partial charge >= 0.3 is 0 Å². The van der Waals surface area contributed by atoms with Crippen molar-refractivity contribution in [3.8, 4) is 0 Å². The molecule has 3 atom stereocenters. The molecule has 0 aromatic heterocycles. The molecule has 5 heteroatoms. The van der Waals surface area contributed by atoms with Crippen molar-refractivity contribution in [2.24, 2.45) is 11.8 Å². The number of carbonyl (C=O) groups excluding carboxylic acids is 2. The van der Waals surface area contributed by atoms with Gasteiger partial charge in [-0.3, -0.25) is 9.59 Å². The molecule has 0 aromatic carbocycles. The molecule has 2 aliphatic rings. The smallest absolute Gasteiger partial charge is 0.242 e. The van der Waals surface area contributed by atoms with Crippen molar-refractivity contribution in [2.45, 2.75) is 76.9 Å². The van der Waals surface area contributed by atoms with E-state index in [0.29, 0.717) is 18.9 Å². The Balaban J connectivity index is 1.65. The maximum atomic E-state index is 12.0. The quantitative estimate of drug-likeness (QED) is 0.699. The highest BCUT2D eigenvalue weighted by atomic mass is 16.3. The van der Waals surface area contributed by atoms with Crippen molar-refractivity contribution < 1.29 is 14.7 Å². The lowest BCUT2D eigenvalue weighted by Gasteiger charge is -2.22. The Morgan fingerprint density at radius 2 is 1.82 bits per heavy atom. The number of amides is 2.